The highest BCUT2D eigenvalue weighted by Crippen LogP contribution is 2.21. The molecule has 0 radical (unpaired) electrons. The maximum Gasteiger partial charge on any atom is 0.331 e. The lowest BCUT2D eigenvalue weighted by atomic mass is 10.3. The maximum absolute atomic E-state index is 12.4. The third-order valence-corrected chi connectivity index (χ3v) is 3.74. The molecular weight excluding hydrogens is 316 g/mol. The number of para-hydroxylation sites is 1. The van der Waals surface area contributed by atoms with Crippen molar-refractivity contribution in [1.29, 1.82) is 0 Å². The fraction of sp³-hybridized carbons (Fsp3) is 0.176. The number of hydrogen-bond acceptors (Lipinski definition) is 3. The van der Waals surface area contributed by atoms with Gasteiger partial charge in [-0.2, -0.15) is 0 Å². The Kier molecular flexibility index (Phi) is 4.48. The van der Waals surface area contributed by atoms with Gasteiger partial charge in [0.2, 0.25) is 0 Å². The number of imide groups is 1. The predicted molar refractivity (Wildman–Crippen MR) is 87.8 cm³/mol. The fourth-order valence-corrected chi connectivity index (χ4v) is 2.56. The van der Waals surface area contributed by atoms with Gasteiger partial charge in [0, 0.05) is 10.7 Å². The lowest BCUT2D eigenvalue weighted by Gasteiger charge is -2.17. The smallest absolute Gasteiger partial charge is 0.331 e. The van der Waals surface area contributed by atoms with Gasteiger partial charge in [-0.15, -0.1) is 0 Å². The van der Waals surface area contributed by atoms with Crippen LogP contribution in [0.25, 0.3) is 0 Å². The fourth-order valence-electron chi connectivity index (χ4n) is 2.38. The predicted octanol–water partition coefficient (Wildman–Crippen LogP) is 3.19. The van der Waals surface area contributed by atoms with E-state index in [-0.39, 0.29) is 31.6 Å². The Hall–Kier alpha value is -2.53. The molecule has 1 saturated heterocycles. The van der Waals surface area contributed by atoms with Crippen molar-refractivity contribution in [2.45, 2.75) is 0 Å². The van der Waals surface area contributed by atoms with Crippen molar-refractivity contribution in [3.63, 3.8) is 0 Å². The van der Waals surface area contributed by atoms with Crippen LogP contribution in [0.4, 0.5) is 10.5 Å². The number of carbonyl (C=O) groups excluding carboxylic acids is 2. The van der Waals surface area contributed by atoms with Gasteiger partial charge in [0.1, 0.15) is 18.9 Å². The number of nitrogens with zero attached hydrogens (tertiary/aromatic N) is 2. The van der Waals surface area contributed by atoms with Crippen LogP contribution < -0.4 is 9.64 Å². The molecule has 0 atom stereocenters. The van der Waals surface area contributed by atoms with E-state index < -0.39 is 0 Å². The number of ether oxygens (including phenoxy) is 1. The van der Waals surface area contributed by atoms with Gasteiger partial charge in [0.15, 0.2) is 0 Å². The van der Waals surface area contributed by atoms with Gasteiger partial charge in [-0.05, 0) is 30.3 Å². The Morgan fingerprint density at radius 1 is 1.04 bits per heavy atom. The summed E-state index contributed by atoms with van der Waals surface area (Å²) in [5.74, 6) is 0.380. The van der Waals surface area contributed by atoms with E-state index >= 15 is 0 Å². The molecule has 23 heavy (non-hydrogen) atoms. The van der Waals surface area contributed by atoms with Gasteiger partial charge in [-0.25, -0.2) is 4.79 Å². The number of urea groups is 1. The molecule has 0 spiro atoms. The summed E-state index contributed by atoms with van der Waals surface area (Å²) in [5.41, 5.74) is 0.712. The SMILES string of the molecule is O=C1CN(c2ccccc2)C(=O)N1CCOc1cccc(Cl)c1. The van der Waals surface area contributed by atoms with E-state index in [1.54, 1.807) is 36.4 Å². The van der Waals surface area contributed by atoms with Crippen molar-refractivity contribution in [3.05, 3.63) is 59.6 Å². The van der Waals surface area contributed by atoms with Gasteiger partial charge in [0.05, 0.1) is 6.54 Å². The Morgan fingerprint density at radius 2 is 1.83 bits per heavy atom. The summed E-state index contributed by atoms with van der Waals surface area (Å²) < 4.78 is 5.54. The lowest BCUT2D eigenvalue weighted by Crippen LogP contribution is -2.36. The van der Waals surface area contributed by atoms with E-state index in [9.17, 15) is 9.59 Å². The minimum Gasteiger partial charge on any atom is -0.492 e. The number of anilines is 1. The van der Waals surface area contributed by atoms with E-state index in [0.717, 1.165) is 0 Å². The number of hydrogen-bond donors (Lipinski definition) is 0. The second-order valence-corrected chi connectivity index (χ2v) is 5.49. The summed E-state index contributed by atoms with van der Waals surface area (Å²) in [6.45, 7) is 0.480. The quantitative estimate of drug-likeness (QED) is 0.791. The second kappa shape index (κ2) is 6.71. The first-order chi connectivity index (χ1) is 11.1. The molecule has 5 nitrogen and oxygen atoms in total. The molecule has 6 heteroatoms. The van der Waals surface area contributed by atoms with Crippen molar-refractivity contribution in [3.8, 4) is 5.75 Å². The van der Waals surface area contributed by atoms with Crippen LogP contribution in [0.3, 0.4) is 0 Å². The van der Waals surface area contributed by atoms with E-state index in [1.807, 2.05) is 18.2 Å². The highest BCUT2D eigenvalue weighted by atomic mass is 35.5. The zero-order valence-electron chi connectivity index (χ0n) is 12.3. The van der Waals surface area contributed by atoms with Crippen LogP contribution in [-0.2, 0) is 4.79 Å². The summed E-state index contributed by atoms with van der Waals surface area (Å²) in [7, 11) is 0. The van der Waals surface area contributed by atoms with Gasteiger partial charge < -0.3 is 4.74 Å². The highest BCUT2D eigenvalue weighted by molar-refractivity contribution is 6.30. The van der Waals surface area contributed by atoms with Crippen molar-refractivity contribution in [2.75, 3.05) is 24.6 Å². The Balaban J connectivity index is 1.60. The molecule has 1 fully saturated rings. The second-order valence-electron chi connectivity index (χ2n) is 5.06. The highest BCUT2D eigenvalue weighted by Gasteiger charge is 2.36. The minimum absolute atomic E-state index is 0.0556. The topological polar surface area (TPSA) is 49.9 Å². The molecule has 2 aromatic carbocycles. The summed E-state index contributed by atoms with van der Waals surface area (Å²) in [6.07, 6.45) is 0. The molecule has 1 aliphatic heterocycles. The molecule has 0 unspecified atom stereocenters. The number of rotatable bonds is 5. The average Bonchev–Trinajstić information content (AvgIpc) is 2.84. The molecule has 2 aromatic rings. The molecule has 1 heterocycles. The average molecular weight is 331 g/mol. The Labute approximate surface area is 139 Å². The molecule has 0 saturated carbocycles. The van der Waals surface area contributed by atoms with Gasteiger partial charge >= 0.3 is 6.03 Å². The minimum atomic E-state index is -0.323. The Bertz CT molecular complexity index is 721. The maximum atomic E-state index is 12.4. The van der Waals surface area contributed by atoms with Crippen molar-refractivity contribution in [1.82, 2.24) is 4.90 Å². The van der Waals surface area contributed by atoms with Crippen molar-refractivity contribution < 1.29 is 14.3 Å². The monoisotopic (exact) mass is 330 g/mol. The zero-order valence-corrected chi connectivity index (χ0v) is 13.1. The van der Waals surface area contributed by atoms with Gasteiger partial charge in [0.25, 0.3) is 5.91 Å². The summed E-state index contributed by atoms with van der Waals surface area (Å²) in [5, 5.41) is 0.575. The molecule has 0 aromatic heterocycles. The Morgan fingerprint density at radius 3 is 2.57 bits per heavy atom. The first kappa shape index (κ1) is 15.4. The molecule has 0 bridgehead atoms. The standard InChI is InChI=1S/C17H15ClN2O3/c18-13-5-4-8-15(11-13)23-10-9-19-16(21)12-20(17(19)22)14-6-2-1-3-7-14/h1-8,11H,9-10,12H2. The van der Waals surface area contributed by atoms with Crippen LogP contribution in [0, 0.1) is 0 Å². The van der Waals surface area contributed by atoms with Crippen molar-refractivity contribution >= 4 is 29.2 Å². The van der Waals surface area contributed by atoms with Crippen LogP contribution in [0.15, 0.2) is 54.6 Å². The van der Waals surface area contributed by atoms with Crippen LogP contribution in [0.2, 0.25) is 5.02 Å². The third-order valence-electron chi connectivity index (χ3n) is 3.50. The van der Waals surface area contributed by atoms with Gasteiger partial charge in [-0.3, -0.25) is 14.6 Å². The van der Waals surface area contributed by atoms with E-state index in [1.165, 1.54) is 9.80 Å². The van der Waals surface area contributed by atoms with Crippen LogP contribution in [0.5, 0.6) is 5.75 Å². The summed E-state index contributed by atoms with van der Waals surface area (Å²) in [4.78, 5) is 27.1. The third kappa shape index (κ3) is 3.46. The van der Waals surface area contributed by atoms with E-state index in [2.05, 4.69) is 0 Å². The number of benzene rings is 2. The largest absolute Gasteiger partial charge is 0.492 e. The first-order valence-electron chi connectivity index (χ1n) is 7.20. The molecule has 3 amide bonds. The van der Waals surface area contributed by atoms with E-state index in [4.69, 9.17) is 16.3 Å². The molecule has 0 N–H and O–H groups in total. The zero-order chi connectivity index (χ0) is 16.2. The van der Waals surface area contributed by atoms with E-state index in [0.29, 0.717) is 16.5 Å². The molecule has 3 rings (SSSR count). The number of carbonyl (C=O) groups is 2. The number of amides is 3. The number of halogens is 1. The lowest BCUT2D eigenvalue weighted by molar-refractivity contribution is -0.125. The van der Waals surface area contributed by atoms with Gasteiger partial charge in [-0.1, -0.05) is 35.9 Å². The summed E-state index contributed by atoms with van der Waals surface area (Å²) >= 11 is 5.88. The van der Waals surface area contributed by atoms with Crippen LogP contribution in [0.1, 0.15) is 0 Å². The summed E-state index contributed by atoms with van der Waals surface area (Å²) in [6, 6.07) is 15.8. The molecule has 1 aliphatic rings. The molecule has 0 aliphatic carbocycles. The van der Waals surface area contributed by atoms with Crippen LogP contribution in [-0.4, -0.2) is 36.5 Å². The normalized spacial score (nSPS) is 14.5. The first-order valence-corrected chi connectivity index (χ1v) is 7.58. The van der Waals surface area contributed by atoms with Crippen molar-refractivity contribution in [2.24, 2.45) is 0 Å². The molecule has 118 valence electrons. The molecular formula is C17H15ClN2O3. The van der Waals surface area contributed by atoms with Crippen LogP contribution >= 0.6 is 11.6 Å².